The van der Waals surface area contributed by atoms with Crippen LogP contribution in [0.1, 0.15) is 69.1 Å². The summed E-state index contributed by atoms with van der Waals surface area (Å²) in [5.41, 5.74) is -0.0588. The Kier molecular flexibility index (Phi) is 8.66. The smallest absolute Gasteiger partial charge is 0.355 e. The van der Waals surface area contributed by atoms with Crippen molar-refractivity contribution < 1.29 is 24.5 Å². The molecular formula is C18H30N2O5S. The Morgan fingerprint density at radius 3 is 2.31 bits per heavy atom. The molecule has 0 aliphatic carbocycles. The number of aliphatic hydroxyl groups excluding tert-OH is 1. The lowest BCUT2D eigenvalue weighted by molar-refractivity contribution is -0.148. The minimum atomic E-state index is -1.11. The van der Waals surface area contributed by atoms with Crippen LogP contribution in [-0.4, -0.2) is 51.4 Å². The van der Waals surface area contributed by atoms with Crippen LogP contribution in [0.5, 0.6) is 0 Å². The summed E-state index contributed by atoms with van der Waals surface area (Å²) >= 11 is 1.16. The van der Waals surface area contributed by atoms with Crippen LogP contribution < -0.4 is 0 Å². The maximum atomic E-state index is 11.5. The average molecular weight is 387 g/mol. The molecule has 7 nitrogen and oxygen atoms in total. The van der Waals surface area contributed by atoms with E-state index in [9.17, 15) is 14.7 Å². The molecule has 3 atom stereocenters. The highest BCUT2D eigenvalue weighted by atomic mass is 32.1. The predicted molar refractivity (Wildman–Crippen MR) is 100 cm³/mol. The van der Waals surface area contributed by atoms with Crippen molar-refractivity contribution in [1.29, 1.82) is 0 Å². The van der Waals surface area contributed by atoms with Gasteiger partial charge in [0.15, 0.2) is 11.8 Å². The number of carbonyl (C=O) groups is 2. The first-order valence-electron chi connectivity index (χ1n) is 8.78. The van der Waals surface area contributed by atoms with Crippen molar-refractivity contribution in [3.8, 4) is 0 Å². The number of aromatic carboxylic acids is 1. The van der Waals surface area contributed by atoms with E-state index in [1.165, 1.54) is 12.3 Å². The van der Waals surface area contributed by atoms with Crippen molar-refractivity contribution in [3.05, 3.63) is 16.1 Å². The molecule has 26 heavy (non-hydrogen) atoms. The molecule has 148 valence electrons. The molecule has 0 aromatic carbocycles. The molecule has 0 spiro atoms. The van der Waals surface area contributed by atoms with Crippen LogP contribution in [0.15, 0.2) is 5.38 Å². The van der Waals surface area contributed by atoms with E-state index in [2.05, 4.69) is 4.98 Å². The van der Waals surface area contributed by atoms with Crippen molar-refractivity contribution in [2.75, 3.05) is 7.05 Å². The first-order valence-corrected chi connectivity index (χ1v) is 9.66. The summed E-state index contributed by atoms with van der Waals surface area (Å²) in [5.74, 6) is -1.02. The average Bonchev–Trinajstić information content (AvgIpc) is 2.99. The summed E-state index contributed by atoms with van der Waals surface area (Å²) in [6.07, 6.45) is -0.189. The molecule has 0 saturated heterocycles. The normalized spacial score (nSPS) is 15.3. The Morgan fingerprint density at radius 2 is 1.88 bits per heavy atom. The van der Waals surface area contributed by atoms with Crippen LogP contribution in [0.4, 0.5) is 0 Å². The van der Waals surface area contributed by atoms with E-state index in [-0.39, 0.29) is 17.7 Å². The molecule has 0 saturated carbocycles. The summed E-state index contributed by atoms with van der Waals surface area (Å²) in [5, 5.41) is 21.4. The fourth-order valence-electron chi connectivity index (χ4n) is 2.87. The van der Waals surface area contributed by atoms with E-state index in [0.717, 1.165) is 11.3 Å². The third-order valence-corrected chi connectivity index (χ3v) is 5.16. The molecule has 0 amide bonds. The number of aromatic nitrogens is 1. The van der Waals surface area contributed by atoms with Crippen molar-refractivity contribution in [2.45, 2.75) is 65.8 Å². The largest absolute Gasteiger partial charge is 0.476 e. The van der Waals surface area contributed by atoms with Crippen molar-refractivity contribution in [3.63, 3.8) is 0 Å². The van der Waals surface area contributed by atoms with Crippen LogP contribution in [0.3, 0.4) is 0 Å². The van der Waals surface area contributed by atoms with Gasteiger partial charge in [0.25, 0.3) is 0 Å². The molecule has 1 rings (SSSR count). The van der Waals surface area contributed by atoms with Gasteiger partial charge in [0, 0.05) is 24.8 Å². The van der Waals surface area contributed by atoms with Gasteiger partial charge in [-0.2, -0.15) is 0 Å². The zero-order chi connectivity index (χ0) is 20.0. The molecule has 1 aromatic heterocycles. The number of nitrogens with zero attached hydrogens (tertiary/aromatic N) is 2. The minimum Gasteiger partial charge on any atom is -0.476 e. The lowest BCUT2D eigenvalue weighted by Crippen LogP contribution is -2.44. The Balaban J connectivity index is 3.03. The van der Waals surface area contributed by atoms with Crippen LogP contribution in [0, 0.1) is 11.8 Å². The van der Waals surface area contributed by atoms with E-state index in [1.807, 2.05) is 39.6 Å². The predicted octanol–water partition coefficient (Wildman–Crippen LogP) is 3.16. The van der Waals surface area contributed by atoms with Gasteiger partial charge in [0.05, 0.1) is 0 Å². The number of aliphatic hydroxyl groups is 1. The van der Waals surface area contributed by atoms with E-state index in [0.29, 0.717) is 23.8 Å². The molecule has 0 fully saturated rings. The highest BCUT2D eigenvalue weighted by Crippen LogP contribution is 2.31. The fourth-order valence-corrected chi connectivity index (χ4v) is 3.70. The van der Waals surface area contributed by atoms with E-state index in [4.69, 9.17) is 9.84 Å². The molecule has 2 N–H and O–H groups in total. The number of hydrogen-bond acceptors (Lipinski definition) is 7. The maximum Gasteiger partial charge on any atom is 0.355 e. The Bertz CT molecular complexity index is 602. The third kappa shape index (κ3) is 6.66. The molecule has 0 radical (unpaired) electrons. The van der Waals surface area contributed by atoms with Gasteiger partial charge in [0.1, 0.15) is 11.2 Å². The number of rotatable bonds is 10. The van der Waals surface area contributed by atoms with Gasteiger partial charge in [-0.25, -0.2) is 9.78 Å². The molecule has 8 heteroatoms. The van der Waals surface area contributed by atoms with Gasteiger partial charge >= 0.3 is 11.9 Å². The quantitative estimate of drug-likeness (QED) is 0.470. The standard InChI is InChI=1S/C18H30N2O5S/c1-10(2)7-16(22)20(6)14(11(3)4)8-15(25-12(5)21)17-19-13(9-26-17)18(23)24/h9-11,14-16,22H,7-8H2,1-6H3,(H,23,24)/t14-,15-,16?/m1/s1. The van der Waals surface area contributed by atoms with Crippen LogP contribution in [0.25, 0.3) is 0 Å². The lowest BCUT2D eigenvalue weighted by atomic mass is 9.95. The molecule has 0 aliphatic rings. The first-order chi connectivity index (χ1) is 12.0. The summed E-state index contributed by atoms with van der Waals surface area (Å²) in [7, 11) is 1.85. The Morgan fingerprint density at radius 1 is 1.27 bits per heavy atom. The molecular weight excluding hydrogens is 356 g/mol. The Labute approximate surface area is 159 Å². The highest BCUT2D eigenvalue weighted by Gasteiger charge is 2.31. The van der Waals surface area contributed by atoms with Crippen LogP contribution in [-0.2, 0) is 9.53 Å². The SMILES string of the molecule is CC(=O)O[C@H](C[C@H](C(C)C)N(C)C(O)CC(C)C)c1nc(C(=O)O)cs1. The molecule has 0 bridgehead atoms. The van der Waals surface area contributed by atoms with Gasteiger partial charge in [-0.1, -0.05) is 27.7 Å². The Hall–Kier alpha value is -1.51. The monoisotopic (exact) mass is 386 g/mol. The number of esters is 1. The molecule has 1 aromatic rings. The summed E-state index contributed by atoms with van der Waals surface area (Å²) in [4.78, 5) is 28.6. The number of carbonyl (C=O) groups excluding carboxylic acids is 1. The highest BCUT2D eigenvalue weighted by molar-refractivity contribution is 7.09. The minimum absolute atomic E-state index is 0.0588. The van der Waals surface area contributed by atoms with Crippen molar-refractivity contribution in [1.82, 2.24) is 9.88 Å². The summed E-state index contributed by atoms with van der Waals surface area (Å²) in [6, 6.07) is -0.0646. The number of carboxylic acids is 1. The zero-order valence-corrected chi connectivity index (χ0v) is 17.1. The van der Waals surface area contributed by atoms with Gasteiger partial charge in [-0.15, -0.1) is 11.3 Å². The molecule has 1 unspecified atom stereocenters. The van der Waals surface area contributed by atoms with E-state index in [1.54, 1.807) is 0 Å². The number of ether oxygens (including phenoxy) is 1. The summed E-state index contributed by atoms with van der Waals surface area (Å²) in [6.45, 7) is 9.50. The fraction of sp³-hybridized carbons (Fsp3) is 0.722. The van der Waals surface area contributed by atoms with Crippen LogP contribution in [0.2, 0.25) is 0 Å². The maximum absolute atomic E-state index is 11.5. The topological polar surface area (TPSA) is 100.0 Å². The van der Waals surface area contributed by atoms with Crippen molar-refractivity contribution >= 4 is 23.3 Å². The van der Waals surface area contributed by atoms with Gasteiger partial charge in [-0.3, -0.25) is 9.69 Å². The van der Waals surface area contributed by atoms with Crippen molar-refractivity contribution in [2.24, 2.45) is 11.8 Å². The van der Waals surface area contributed by atoms with Gasteiger partial charge in [0.2, 0.25) is 0 Å². The van der Waals surface area contributed by atoms with Gasteiger partial charge in [-0.05, 0) is 25.3 Å². The second-order valence-corrected chi connectivity index (χ2v) is 8.19. The van der Waals surface area contributed by atoms with Crippen LogP contribution >= 0.6 is 11.3 Å². The zero-order valence-electron chi connectivity index (χ0n) is 16.3. The number of hydrogen-bond donors (Lipinski definition) is 2. The molecule has 0 aliphatic heterocycles. The lowest BCUT2D eigenvalue weighted by Gasteiger charge is -2.36. The second kappa shape index (κ2) is 9.99. The first kappa shape index (κ1) is 22.5. The van der Waals surface area contributed by atoms with E-state index >= 15 is 0 Å². The third-order valence-electron chi connectivity index (χ3n) is 4.23. The number of carboxylic acid groups (broad SMARTS) is 1. The number of thiazole rings is 1. The van der Waals surface area contributed by atoms with E-state index < -0.39 is 24.3 Å². The molecule has 1 heterocycles. The summed E-state index contributed by atoms with van der Waals surface area (Å²) < 4.78 is 5.43. The second-order valence-electron chi connectivity index (χ2n) is 7.30. The van der Waals surface area contributed by atoms with Gasteiger partial charge < -0.3 is 14.9 Å².